The summed E-state index contributed by atoms with van der Waals surface area (Å²) in [6.07, 6.45) is 1.03. The van der Waals surface area contributed by atoms with Crippen molar-refractivity contribution >= 4 is 5.69 Å². The largest absolute Gasteiger partial charge is 0.494 e. The molecule has 0 amide bonds. The molecule has 3 nitrogen and oxygen atoms in total. The van der Waals surface area contributed by atoms with Crippen molar-refractivity contribution in [1.82, 2.24) is 0 Å². The first kappa shape index (κ1) is 15.4. The molecule has 0 atom stereocenters. The van der Waals surface area contributed by atoms with Gasteiger partial charge in [-0.1, -0.05) is 31.2 Å². The minimum absolute atomic E-state index is 0.660. The molecule has 0 spiro atoms. The Kier molecular flexibility index (Phi) is 6.10. The summed E-state index contributed by atoms with van der Waals surface area (Å²) < 4.78 is 10.7. The summed E-state index contributed by atoms with van der Waals surface area (Å²) in [6, 6.07) is 16.5. The maximum atomic E-state index is 5.57. The fraction of sp³-hybridized carbons (Fsp3) is 0.333. The van der Waals surface area contributed by atoms with Crippen molar-refractivity contribution < 1.29 is 9.47 Å². The number of methoxy groups -OCH3 is 1. The van der Waals surface area contributed by atoms with Gasteiger partial charge in [-0.3, -0.25) is 0 Å². The Morgan fingerprint density at radius 2 is 1.57 bits per heavy atom. The average Bonchev–Trinajstić information content (AvgIpc) is 2.53. The van der Waals surface area contributed by atoms with Gasteiger partial charge in [-0.2, -0.15) is 0 Å². The van der Waals surface area contributed by atoms with Gasteiger partial charge in [-0.25, -0.2) is 0 Å². The van der Waals surface area contributed by atoms with Crippen molar-refractivity contribution in [1.29, 1.82) is 0 Å². The van der Waals surface area contributed by atoms with Crippen LogP contribution in [0.5, 0.6) is 5.75 Å². The van der Waals surface area contributed by atoms with Crippen LogP contribution in [0.3, 0.4) is 0 Å². The quantitative estimate of drug-likeness (QED) is 0.787. The molecular formula is C18H23NO2. The summed E-state index contributed by atoms with van der Waals surface area (Å²) in [4.78, 5) is 0. The highest BCUT2D eigenvalue weighted by Gasteiger charge is 1.97. The van der Waals surface area contributed by atoms with E-state index in [1.165, 1.54) is 11.1 Å². The van der Waals surface area contributed by atoms with Crippen molar-refractivity contribution in [3.63, 3.8) is 0 Å². The first-order chi connectivity index (χ1) is 10.3. The van der Waals surface area contributed by atoms with E-state index in [0.29, 0.717) is 6.61 Å². The van der Waals surface area contributed by atoms with Crippen LogP contribution in [-0.2, 0) is 17.9 Å². The van der Waals surface area contributed by atoms with Crippen LogP contribution in [0.2, 0.25) is 0 Å². The van der Waals surface area contributed by atoms with Crippen molar-refractivity contribution in [2.75, 3.05) is 19.0 Å². The van der Waals surface area contributed by atoms with Gasteiger partial charge in [-0.15, -0.1) is 0 Å². The predicted molar refractivity (Wildman–Crippen MR) is 86.7 cm³/mol. The third-order valence-electron chi connectivity index (χ3n) is 3.16. The minimum atomic E-state index is 0.660. The fourth-order valence-corrected chi connectivity index (χ4v) is 2.01. The van der Waals surface area contributed by atoms with Crippen LogP contribution >= 0.6 is 0 Å². The highest BCUT2D eigenvalue weighted by molar-refractivity contribution is 5.46. The maximum Gasteiger partial charge on any atom is 0.119 e. The summed E-state index contributed by atoms with van der Waals surface area (Å²) in [5.41, 5.74) is 3.54. The summed E-state index contributed by atoms with van der Waals surface area (Å²) >= 11 is 0. The van der Waals surface area contributed by atoms with E-state index in [1.807, 2.05) is 24.3 Å². The maximum absolute atomic E-state index is 5.57. The average molecular weight is 285 g/mol. The number of benzene rings is 2. The Bertz CT molecular complexity index is 520. The summed E-state index contributed by atoms with van der Waals surface area (Å²) in [6.45, 7) is 4.34. The molecular weight excluding hydrogens is 262 g/mol. The molecule has 0 fully saturated rings. The van der Waals surface area contributed by atoms with E-state index >= 15 is 0 Å². The first-order valence-corrected chi connectivity index (χ1v) is 7.35. The van der Waals surface area contributed by atoms with Crippen LogP contribution in [0.25, 0.3) is 0 Å². The SMILES string of the molecule is CCCOc1ccc(NCc2ccc(COC)cc2)cc1. The van der Waals surface area contributed by atoms with Gasteiger partial charge in [0.05, 0.1) is 13.2 Å². The number of ether oxygens (including phenoxy) is 2. The summed E-state index contributed by atoms with van der Waals surface area (Å²) in [7, 11) is 1.71. The Morgan fingerprint density at radius 3 is 2.19 bits per heavy atom. The van der Waals surface area contributed by atoms with Gasteiger partial charge in [0.1, 0.15) is 5.75 Å². The Balaban J connectivity index is 1.84. The zero-order chi connectivity index (χ0) is 14.9. The van der Waals surface area contributed by atoms with Crippen molar-refractivity contribution in [2.45, 2.75) is 26.5 Å². The van der Waals surface area contributed by atoms with E-state index in [4.69, 9.17) is 9.47 Å². The van der Waals surface area contributed by atoms with Crippen LogP contribution in [0.15, 0.2) is 48.5 Å². The van der Waals surface area contributed by atoms with Gasteiger partial charge in [0.15, 0.2) is 0 Å². The molecule has 21 heavy (non-hydrogen) atoms. The first-order valence-electron chi connectivity index (χ1n) is 7.35. The van der Waals surface area contributed by atoms with Crippen molar-refractivity contribution in [3.05, 3.63) is 59.7 Å². The lowest BCUT2D eigenvalue weighted by atomic mass is 10.1. The molecule has 2 aromatic rings. The smallest absolute Gasteiger partial charge is 0.119 e. The molecule has 0 saturated carbocycles. The van der Waals surface area contributed by atoms with E-state index in [2.05, 4.69) is 36.5 Å². The molecule has 0 aromatic heterocycles. The third kappa shape index (κ3) is 5.12. The highest BCUT2D eigenvalue weighted by Crippen LogP contribution is 2.17. The Morgan fingerprint density at radius 1 is 0.905 bits per heavy atom. The lowest BCUT2D eigenvalue weighted by Gasteiger charge is -2.09. The van der Waals surface area contributed by atoms with Gasteiger partial charge in [0.25, 0.3) is 0 Å². The number of hydrogen-bond acceptors (Lipinski definition) is 3. The van der Waals surface area contributed by atoms with Gasteiger partial charge in [0, 0.05) is 19.3 Å². The molecule has 0 bridgehead atoms. The normalized spacial score (nSPS) is 10.4. The topological polar surface area (TPSA) is 30.5 Å². The lowest BCUT2D eigenvalue weighted by molar-refractivity contribution is 0.185. The lowest BCUT2D eigenvalue weighted by Crippen LogP contribution is -2.00. The van der Waals surface area contributed by atoms with E-state index in [1.54, 1.807) is 7.11 Å². The molecule has 0 aliphatic heterocycles. The second-order valence-corrected chi connectivity index (χ2v) is 4.98. The summed E-state index contributed by atoms with van der Waals surface area (Å²) in [5.74, 6) is 0.923. The van der Waals surface area contributed by atoms with Gasteiger partial charge < -0.3 is 14.8 Å². The molecule has 0 saturated heterocycles. The second-order valence-electron chi connectivity index (χ2n) is 4.98. The van der Waals surface area contributed by atoms with Crippen molar-refractivity contribution in [2.24, 2.45) is 0 Å². The molecule has 0 unspecified atom stereocenters. The van der Waals surface area contributed by atoms with Crippen LogP contribution in [0, 0.1) is 0 Å². The standard InChI is InChI=1S/C18H23NO2/c1-3-12-21-18-10-8-17(9-11-18)19-13-15-4-6-16(7-5-15)14-20-2/h4-11,19H,3,12-14H2,1-2H3. The second kappa shape index (κ2) is 8.32. The van der Waals surface area contributed by atoms with Gasteiger partial charge in [-0.05, 0) is 41.8 Å². The van der Waals surface area contributed by atoms with Crippen LogP contribution < -0.4 is 10.1 Å². The number of anilines is 1. The Hall–Kier alpha value is -2.00. The van der Waals surface area contributed by atoms with Crippen molar-refractivity contribution in [3.8, 4) is 5.75 Å². The van der Waals surface area contributed by atoms with Crippen LogP contribution in [0.1, 0.15) is 24.5 Å². The molecule has 2 rings (SSSR count). The number of rotatable bonds is 8. The molecule has 0 aliphatic rings. The third-order valence-corrected chi connectivity index (χ3v) is 3.16. The summed E-state index contributed by atoms with van der Waals surface area (Å²) in [5, 5.41) is 3.41. The van der Waals surface area contributed by atoms with E-state index in [0.717, 1.165) is 31.0 Å². The van der Waals surface area contributed by atoms with E-state index in [9.17, 15) is 0 Å². The van der Waals surface area contributed by atoms with Crippen LogP contribution in [0.4, 0.5) is 5.69 Å². The molecule has 1 N–H and O–H groups in total. The number of nitrogens with one attached hydrogen (secondary N) is 1. The van der Waals surface area contributed by atoms with Gasteiger partial charge in [0.2, 0.25) is 0 Å². The Labute approximate surface area is 126 Å². The van der Waals surface area contributed by atoms with Crippen LogP contribution in [-0.4, -0.2) is 13.7 Å². The van der Waals surface area contributed by atoms with Gasteiger partial charge >= 0.3 is 0 Å². The number of hydrogen-bond donors (Lipinski definition) is 1. The zero-order valence-corrected chi connectivity index (χ0v) is 12.8. The monoisotopic (exact) mass is 285 g/mol. The molecule has 2 aromatic carbocycles. The van der Waals surface area contributed by atoms with E-state index < -0.39 is 0 Å². The zero-order valence-electron chi connectivity index (χ0n) is 12.8. The molecule has 0 aliphatic carbocycles. The molecule has 3 heteroatoms. The predicted octanol–water partition coefficient (Wildman–Crippen LogP) is 4.23. The molecule has 0 heterocycles. The highest BCUT2D eigenvalue weighted by atomic mass is 16.5. The van der Waals surface area contributed by atoms with E-state index in [-0.39, 0.29) is 0 Å². The minimum Gasteiger partial charge on any atom is -0.494 e. The fourth-order valence-electron chi connectivity index (χ4n) is 2.01. The molecule has 0 radical (unpaired) electrons. The molecule has 112 valence electrons.